The molecule has 0 spiro atoms. The highest BCUT2D eigenvalue weighted by molar-refractivity contribution is 7.92. The maximum absolute atomic E-state index is 13.4. The molecule has 25 heavy (non-hydrogen) atoms. The summed E-state index contributed by atoms with van der Waals surface area (Å²) in [7, 11) is -3.84. The van der Waals surface area contributed by atoms with Crippen molar-refractivity contribution in [1.29, 1.82) is 0 Å². The first-order chi connectivity index (χ1) is 11.6. The Morgan fingerprint density at radius 2 is 2.04 bits per heavy atom. The molecule has 2 rings (SSSR count). The first kappa shape index (κ1) is 19.1. The van der Waals surface area contributed by atoms with E-state index in [2.05, 4.69) is 0 Å². The van der Waals surface area contributed by atoms with E-state index in [0.29, 0.717) is 0 Å². The molecule has 2 atom stereocenters. The average Bonchev–Trinajstić information content (AvgIpc) is 2.84. The number of halogens is 1. The number of hydrogen-bond acceptors (Lipinski definition) is 5. The van der Waals surface area contributed by atoms with Crippen molar-refractivity contribution in [2.24, 2.45) is 5.92 Å². The lowest BCUT2D eigenvalue weighted by Crippen LogP contribution is -2.42. The van der Waals surface area contributed by atoms with E-state index < -0.39 is 46.3 Å². The fraction of sp³-hybridized carbons (Fsp3) is 0.467. The number of benzene rings is 1. The number of amides is 1. The van der Waals surface area contributed by atoms with Gasteiger partial charge in [-0.05, 0) is 18.2 Å². The smallest absolute Gasteiger partial charge is 0.303 e. The first-order valence-corrected chi connectivity index (χ1v) is 9.33. The number of sulfonamides is 1. The number of aliphatic hydroxyl groups is 1. The van der Waals surface area contributed by atoms with Gasteiger partial charge >= 0.3 is 5.97 Å². The van der Waals surface area contributed by atoms with E-state index in [9.17, 15) is 27.5 Å². The summed E-state index contributed by atoms with van der Waals surface area (Å²) in [5, 5.41) is 18.7. The van der Waals surface area contributed by atoms with E-state index in [0.717, 1.165) is 22.7 Å². The first-order valence-electron chi connectivity index (χ1n) is 7.49. The largest absolute Gasteiger partial charge is 0.481 e. The number of carbonyl (C=O) groups excluding carboxylic acids is 1. The van der Waals surface area contributed by atoms with Crippen molar-refractivity contribution in [2.75, 3.05) is 30.2 Å². The standard InChI is InChI=1S/C15H19FN2O6S/c1-25(23,24)18(12-4-2-3-11(16)6-12)9-14(20)17-7-10(5-15(21)22)13(19)8-17/h2-4,6,10,13,19H,5,7-9H2,1H3,(H,21,22)/t10-,13-/m1/s1. The lowest BCUT2D eigenvalue weighted by molar-refractivity contribution is -0.139. The van der Waals surface area contributed by atoms with Gasteiger partial charge in [0, 0.05) is 19.0 Å². The van der Waals surface area contributed by atoms with Crippen molar-refractivity contribution in [2.45, 2.75) is 12.5 Å². The van der Waals surface area contributed by atoms with Gasteiger partial charge in [-0.15, -0.1) is 0 Å². The summed E-state index contributed by atoms with van der Waals surface area (Å²) in [5.74, 6) is -2.93. The van der Waals surface area contributed by atoms with Crippen molar-refractivity contribution >= 4 is 27.6 Å². The predicted octanol–water partition coefficient (Wildman–Crippen LogP) is -0.114. The molecule has 1 aliphatic rings. The maximum atomic E-state index is 13.4. The zero-order valence-corrected chi connectivity index (χ0v) is 14.3. The van der Waals surface area contributed by atoms with E-state index in [1.807, 2.05) is 0 Å². The maximum Gasteiger partial charge on any atom is 0.303 e. The number of β-amino-alcohol motifs (C(OH)–C–C–N with tert-alkyl or cyclic N) is 1. The quantitative estimate of drug-likeness (QED) is 0.718. The van der Waals surface area contributed by atoms with E-state index >= 15 is 0 Å². The molecular formula is C15H19FN2O6S. The SMILES string of the molecule is CS(=O)(=O)N(CC(=O)N1C[C@@H](CC(=O)O)[C@H](O)C1)c1cccc(F)c1. The summed E-state index contributed by atoms with van der Waals surface area (Å²) in [6, 6.07) is 4.85. The number of rotatable bonds is 6. The summed E-state index contributed by atoms with van der Waals surface area (Å²) < 4.78 is 38.1. The number of carboxylic acid groups (broad SMARTS) is 1. The van der Waals surface area contributed by atoms with Gasteiger partial charge in [-0.3, -0.25) is 13.9 Å². The minimum atomic E-state index is -3.84. The summed E-state index contributed by atoms with van der Waals surface area (Å²) in [4.78, 5) is 24.4. The third kappa shape index (κ3) is 4.89. The molecule has 138 valence electrons. The van der Waals surface area contributed by atoms with Gasteiger partial charge in [0.2, 0.25) is 15.9 Å². The highest BCUT2D eigenvalue weighted by atomic mass is 32.2. The van der Waals surface area contributed by atoms with Crippen LogP contribution >= 0.6 is 0 Å². The second-order valence-corrected chi connectivity index (χ2v) is 7.88. The predicted molar refractivity (Wildman–Crippen MR) is 86.9 cm³/mol. The molecule has 1 amide bonds. The summed E-state index contributed by atoms with van der Waals surface area (Å²) in [6.45, 7) is -0.612. The van der Waals surface area contributed by atoms with Crippen molar-refractivity contribution in [1.82, 2.24) is 4.90 Å². The molecule has 1 aromatic carbocycles. The molecule has 0 unspecified atom stereocenters. The van der Waals surface area contributed by atoms with Gasteiger partial charge in [0.15, 0.2) is 0 Å². The molecule has 1 aromatic rings. The molecule has 1 heterocycles. The monoisotopic (exact) mass is 374 g/mol. The number of carboxylic acids is 1. The third-order valence-corrected chi connectivity index (χ3v) is 5.11. The normalized spacial score (nSPS) is 20.5. The number of hydrogen-bond donors (Lipinski definition) is 2. The van der Waals surface area contributed by atoms with Crippen molar-refractivity contribution in [3.05, 3.63) is 30.1 Å². The number of likely N-dealkylation sites (tertiary alicyclic amines) is 1. The van der Waals surface area contributed by atoms with Crippen LogP contribution in [-0.4, -0.2) is 67.4 Å². The van der Waals surface area contributed by atoms with Gasteiger partial charge in [0.1, 0.15) is 12.4 Å². The van der Waals surface area contributed by atoms with Gasteiger partial charge in [-0.1, -0.05) is 6.07 Å². The molecule has 10 heteroatoms. The Morgan fingerprint density at radius 1 is 1.36 bits per heavy atom. The Hall–Kier alpha value is -2.20. The average molecular weight is 374 g/mol. The number of aliphatic hydroxyl groups excluding tert-OH is 1. The highest BCUT2D eigenvalue weighted by Crippen LogP contribution is 2.23. The zero-order chi connectivity index (χ0) is 18.8. The molecule has 8 nitrogen and oxygen atoms in total. The molecule has 0 saturated carbocycles. The minimum Gasteiger partial charge on any atom is -0.481 e. The number of aliphatic carboxylic acids is 1. The molecule has 2 N–H and O–H groups in total. The Labute approximate surface area is 144 Å². The Morgan fingerprint density at radius 3 is 2.60 bits per heavy atom. The molecule has 1 aliphatic heterocycles. The van der Waals surface area contributed by atoms with Gasteiger partial charge in [0.05, 0.1) is 24.5 Å². The Kier molecular flexibility index (Phi) is 5.63. The third-order valence-electron chi connectivity index (χ3n) is 3.97. The van der Waals surface area contributed by atoms with Crippen molar-refractivity contribution in [3.8, 4) is 0 Å². The van der Waals surface area contributed by atoms with E-state index in [4.69, 9.17) is 5.11 Å². The molecule has 1 fully saturated rings. The highest BCUT2D eigenvalue weighted by Gasteiger charge is 2.36. The van der Waals surface area contributed by atoms with Crippen molar-refractivity contribution in [3.63, 3.8) is 0 Å². The Bertz CT molecular complexity index is 769. The van der Waals surface area contributed by atoms with E-state index in [-0.39, 0.29) is 25.2 Å². The van der Waals surface area contributed by atoms with Crippen LogP contribution in [0, 0.1) is 11.7 Å². The second kappa shape index (κ2) is 7.36. The molecule has 1 saturated heterocycles. The van der Waals surface area contributed by atoms with Crippen LogP contribution in [0.3, 0.4) is 0 Å². The fourth-order valence-corrected chi connectivity index (χ4v) is 3.58. The second-order valence-electron chi connectivity index (χ2n) is 5.97. The van der Waals surface area contributed by atoms with E-state index in [1.165, 1.54) is 17.0 Å². The van der Waals surface area contributed by atoms with Crippen LogP contribution in [0.15, 0.2) is 24.3 Å². The van der Waals surface area contributed by atoms with Gasteiger partial charge in [-0.2, -0.15) is 0 Å². The molecule has 0 aromatic heterocycles. The van der Waals surface area contributed by atoms with Gasteiger partial charge < -0.3 is 15.1 Å². The van der Waals surface area contributed by atoms with Crippen LogP contribution in [0.5, 0.6) is 0 Å². The number of anilines is 1. The fourth-order valence-electron chi connectivity index (χ4n) is 2.74. The molecule has 0 bridgehead atoms. The lowest BCUT2D eigenvalue weighted by atomic mass is 10.0. The topological polar surface area (TPSA) is 115 Å². The van der Waals surface area contributed by atoms with E-state index in [1.54, 1.807) is 0 Å². The number of carbonyl (C=O) groups is 2. The summed E-state index contributed by atoms with van der Waals surface area (Å²) >= 11 is 0. The van der Waals surface area contributed by atoms with Crippen LogP contribution in [0.25, 0.3) is 0 Å². The Balaban J connectivity index is 2.15. The summed E-state index contributed by atoms with van der Waals surface area (Å²) in [6.07, 6.45) is -0.372. The lowest BCUT2D eigenvalue weighted by Gasteiger charge is -2.25. The van der Waals surface area contributed by atoms with Crippen LogP contribution < -0.4 is 4.31 Å². The zero-order valence-electron chi connectivity index (χ0n) is 13.5. The van der Waals surface area contributed by atoms with Crippen LogP contribution in [0.2, 0.25) is 0 Å². The molecule has 0 radical (unpaired) electrons. The summed E-state index contributed by atoms with van der Waals surface area (Å²) in [5.41, 5.74) is 0.0117. The van der Waals surface area contributed by atoms with Crippen molar-refractivity contribution < 1.29 is 32.6 Å². The van der Waals surface area contributed by atoms with Crippen LogP contribution in [-0.2, 0) is 19.6 Å². The number of nitrogens with zero attached hydrogens (tertiary/aromatic N) is 2. The van der Waals surface area contributed by atoms with Gasteiger partial charge in [-0.25, -0.2) is 12.8 Å². The molecule has 0 aliphatic carbocycles. The minimum absolute atomic E-state index is 0.0117. The van der Waals surface area contributed by atoms with Gasteiger partial charge in [0.25, 0.3) is 0 Å². The molecular weight excluding hydrogens is 355 g/mol. The van der Waals surface area contributed by atoms with Crippen LogP contribution in [0.1, 0.15) is 6.42 Å². The van der Waals surface area contributed by atoms with Crippen LogP contribution in [0.4, 0.5) is 10.1 Å².